The van der Waals surface area contributed by atoms with Gasteiger partial charge in [-0.2, -0.15) is 18.4 Å². The van der Waals surface area contributed by atoms with E-state index in [1.54, 1.807) is 0 Å². The van der Waals surface area contributed by atoms with Gasteiger partial charge in [0, 0.05) is 44.5 Å². The molecule has 0 bridgehead atoms. The molecule has 1 unspecified atom stereocenters. The first-order valence-electron chi connectivity index (χ1n) is 7.58. The van der Waals surface area contributed by atoms with E-state index in [1.165, 1.54) is 12.1 Å². The van der Waals surface area contributed by atoms with Crippen LogP contribution in [0.25, 0.3) is 0 Å². The van der Waals surface area contributed by atoms with Gasteiger partial charge < -0.3 is 10.2 Å². The van der Waals surface area contributed by atoms with Gasteiger partial charge in [-0.15, -0.1) is 0 Å². The summed E-state index contributed by atoms with van der Waals surface area (Å²) in [5, 5.41) is 11.8. The van der Waals surface area contributed by atoms with E-state index < -0.39 is 11.7 Å². The molecule has 1 N–H and O–H groups in total. The van der Waals surface area contributed by atoms with Crippen molar-refractivity contribution < 1.29 is 13.2 Å². The Bertz CT molecular complexity index is 572. The standard InChI is InChI=1S/C16H21F3N4/c1-12(11-23-7-5-22(2)6-8-23)21-15-9-13(10-20)3-4-14(15)16(17,18)19/h3-4,9,12,21H,5-8,11H2,1-2H3. The zero-order chi connectivity index (χ0) is 17.0. The van der Waals surface area contributed by atoms with E-state index in [9.17, 15) is 13.2 Å². The maximum Gasteiger partial charge on any atom is 0.418 e. The third kappa shape index (κ3) is 4.85. The minimum atomic E-state index is -4.44. The Labute approximate surface area is 134 Å². The summed E-state index contributed by atoms with van der Waals surface area (Å²) in [4.78, 5) is 4.46. The SMILES string of the molecule is CC(CN1CCN(C)CC1)Nc1cc(C#N)ccc1C(F)(F)F. The van der Waals surface area contributed by atoms with E-state index in [0.29, 0.717) is 6.54 Å². The predicted molar refractivity (Wildman–Crippen MR) is 83.2 cm³/mol. The Morgan fingerprint density at radius 3 is 2.48 bits per heavy atom. The molecule has 4 nitrogen and oxygen atoms in total. The van der Waals surface area contributed by atoms with Crippen LogP contribution in [0.2, 0.25) is 0 Å². The summed E-state index contributed by atoms with van der Waals surface area (Å²) in [7, 11) is 2.06. The van der Waals surface area contributed by atoms with E-state index in [4.69, 9.17) is 5.26 Å². The minimum Gasteiger partial charge on any atom is -0.381 e. The molecule has 0 amide bonds. The molecule has 23 heavy (non-hydrogen) atoms. The number of anilines is 1. The number of hydrogen-bond donors (Lipinski definition) is 1. The molecule has 0 aromatic heterocycles. The summed E-state index contributed by atoms with van der Waals surface area (Å²) < 4.78 is 39.3. The molecule has 1 aliphatic rings. The number of nitrogens with zero attached hydrogens (tertiary/aromatic N) is 3. The molecule has 0 radical (unpaired) electrons. The Morgan fingerprint density at radius 2 is 1.91 bits per heavy atom. The molecule has 126 valence electrons. The minimum absolute atomic E-state index is 0.0295. The third-order valence-electron chi connectivity index (χ3n) is 3.98. The normalized spacial score (nSPS) is 18.4. The van der Waals surface area contributed by atoms with E-state index in [-0.39, 0.29) is 17.3 Å². The van der Waals surface area contributed by atoms with Gasteiger partial charge >= 0.3 is 6.18 Å². The van der Waals surface area contributed by atoms with Gasteiger partial charge in [0.25, 0.3) is 0 Å². The lowest BCUT2D eigenvalue weighted by atomic mass is 10.1. The highest BCUT2D eigenvalue weighted by Crippen LogP contribution is 2.35. The van der Waals surface area contributed by atoms with E-state index >= 15 is 0 Å². The number of piperazine rings is 1. The van der Waals surface area contributed by atoms with Crippen molar-refractivity contribution in [1.82, 2.24) is 9.80 Å². The lowest BCUT2D eigenvalue weighted by Crippen LogP contribution is -2.47. The third-order valence-corrected chi connectivity index (χ3v) is 3.98. The molecule has 1 heterocycles. The van der Waals surface area contributed by atoms with Gasteiger partial charge in [-0.25, -0.2) is 0 Å². The molecule has 2 rings (SSSR count). The van der Waals surface area contributed by atoms with Crippen molar-refractivity contribution in [3.05, 3.63) is 29.3 Å². The summed E-state index contributed by atoms with van der Waals surface area (Å²) in [6, 6.07) is 5.16. The second-order valence-corrected chi connectivity index (χ2v) is 6.02. The van der Waals surface area contributed by atoms with Gasteiger partial charge in [-0.1, -0.05) is 0 Å². The number of halogens is 3. The maximum absolute atomic E-state index is 13.1. The molecule has 1 saturated heterocycles. The van der Waals surface area contributed by atoms with Crippen LogP contribution in [0.1, 0.15) is 18.1 Å². The van der Waals surface area contributed by atoms with Crippen molar-refractivity contribution in [2.45, 2.75) is 19.1 Å². The van der Waals surface area contributed by atoms with Crippen molar-refractivity contribution >= 4 is 5.69 Å². The molecule has 1 fully saturated rings. The van der Waals surface area contributed by atoms with Crippen molar-refractivity contribution in [2.75, 3.05) is 45.1 Å². The highest BCUT2D eigenvalue weighted by atomic mass is 19.4. The van der Waals surface area contributed by atoms with E-state index in [1.807, 2.05) is 13.0 Å². The number of nitriles is 1. The lowest BCUT2D eigenvalue weighted by molar-refractivity contribution is -0.137. The largest absolute Gasteiger partial charge is 0.418 e. The van der Waals surface area contributed by atoms with Gasteiger partial charge in [-0.05, 0) is 32.2 Å². The average Bonchev–Trinajstić information content (AvgIpc) is 2.48. The van der Waals surface area contributed by atoms with Crippen molar-refractivity contribution in [1.29, 1.82) is 5.26 Å². The van der Waals surface area contributed by atoms with Crippen LogP contribution in [-0.4, -0.2) is 55.6 Å². The number of nitrogens with one attached hydrogen (secondary N) is 1. The smallest absolute Gasteiger partial charge is 0.381 e. The van der Waals surface area contributed by atoms with Crippen LogP contribution in [0.5, 0.6) is 0 Å². The van der Waals surface area contributed by atoms with Gasteiger partial charge in [0.05, 0.1) is 17.2 Å². The van der Waals surface area contributed by atoms with Crippen LogP contribution in [0.15, 0.2) is 18.2 Å². The Morgan fingerprint density at radius 1 is 1.26 bits per heavy atom. The molecule has 1 aromatic carbocycles. The molecule has 1 aromatic rings. The molecular weight excluding hydrogens is 305 g/mol. The van der Waals surface area contributed by atoms with Crippen molar-refractivity contribution in [2.24, 2.45) is 0 Å². The lowest BCUT2D eigenvalue weighted by Gasteiger charge is -2.34. The topological polar surface area (TPSA) is 42.3 Å². The number of likely N-dealkylation sites (N-methyl/N-ethyl adjacent to an activating group) is 1. The van der Waals surface area contributed by atoms with Crippen LogP contribution in [0.3, 0.4) is 0 Å². The van der Waals surface area contributed by atoms with E-state index in [0.717, 1.165) is 32.2 Å². The molecule has 0 spiro atoms. The quantitative estimate of drug-likeness (QED) is 0.924. The number of rotatable bonds is 4. The average molecular weight is 326 g/mol. The van der Waals surface area contributed by atoms with Crippen LogP contribution < -0.4 is 5.32 Å². The molecule has 7 heteroatoms. The fourth-order valence-electron chi connectivity index (χ4n) is 2.71. The number of hydrogen-bond acceptors (Lipinski definition) is 4. The Hall–Kier alpha value is -1.78. The van der Waals surface area contributed by atoms with Gasteiger partial charge in [0.1, 0.15) is 0 Å². The van der Waals surface area contributed by atoms with Gasteiger partial charge in [0.2, 0.25) is 0 Å². The van der Waals surface area contributed by atoms with Crippen LogP contribution in [0.4, 0.5) is 18.9 Å². The predicted octanol–water partition coefficient (Wildman–Crippen LogP) is 2.62. The van der Waals surface area contributed by atoms with Crippen LogP contribution >= 0.6 is 0 Å². The first-order chi connectivity index (χ1) is 10.8. The molecule has 0 saturated carbocycles. The summed E-state index contributed by atoms with van der Waals surface area (Å²) in [6.07, 6.45) is -4.44. The monoisotopic (exact) mass is 326 g/mol. The second-order valence-electron chi connectivity index (χ2n) is 6.02. The van der Waals surface area contributed by atoms with E-state index in [2.05, 4.69) is 22.2 Å². The summed E-state index contributed by atoms with van der Waals surface area (Å²) in [5.41, 5.74) is -0.549. The fraction of sp³-hybridized carbons (Fsp3) is 0.562. The first kappa shape index (κ1) is 17.6. The molecule has 1 aliphatic heterocycles. The molecule has 0 aliphatic carbocycles. The maximum atomic E-state index is 13.1. The summed E-state index contributed by atoms with van der Waals surface area (Å²) in [6.45, 7) is 6.27. The van der Waals surface area contributed by atoms with Crippen molar-refractivity contribution in [3.8, 4) is 6.07 Å². The molecular formula is C16H21F3N4. The summed E-state index contributed by atoms with van der Waals surface area (Å²) in [5.74, 6) is 0. The summed E-state index contributed by atoms with van der Waals surface area (Å²) >= 11 is 0. The fourth-order valence-corrected chi connectivity index (χ4v) is 2.71. The Kier molecular flexibility index (Phi) is 5.50. The van der Waals surface area contributed by atoms with Crippen LogP contribution in [-0.2, 0) is 6.18 Å². The first-order valence-corrected chi connectivity index (χ1v) is 7.58. The van der Waals surface area contributed by atoms with Crippen molar-refractivity contribution in [3.63, 3.8) is 0 Å². The Balaban J connectivity index is 2.07. The molecule has 1 atom stereocenters. The van der Waals surface area contributed by atoms with Gasteiger partial charge in [-0.3, -0.25) is 4.90 Å². The zero-order valence-corrected chi connectivity index (χ0v) is 13.3. The second kappa shape index (κ2) is 7.20. The van der Waals surface area contributed by atoms with Gasteiger partial charge in [0.15, 0.2) is 0 Å². The number of benzene rings is 1. The van der Waals surface area contributed by atoms with Crippen LogP contribution in [0, 0.1) is 11.3 Å². The number of alkyl halides is 3. The zero-order valence-electron chi connectivity index (χ0n) is 13.3. The highest BCUT2D eigenvalue weighted by molar-refractivity contribution is 5.57. The highest BCUT2D eigenvalue weighted by Gasteiger charge is 2.34.